The Bertz CT molecular complexity index is 1160. The molecule has 0 radical (unpaired) electrons. The molecule has 2 aromatic carbocycles. The highest BCUT2D eigenvalue weighted by Crippen LogP contribution is 2.30. The first-order chi connectivity index (χ1) is 16.6. The quantitative estimate of drug-likeness (QED) is 0.425. The second kappa shape index (κ2) is 9.77. The first-order valence-electron chi connectivity index (χ1n) is 12.1. The van der Waals surface area contributed by atoms with Crippen molar-refractivity contribution in [3.63, 3.8) is 0 Å². The van der Waals surface area contributed by atoms with Crippen LogP contribution >= 0.6 is 0 Å². The number of anilines is 3. The number of aromatic nitrogens is 3. The van der Waals surface area contributed by atoms with Crippen molar-refractivity contribution in [2.45, 2.75) is 64.2 Å². The number of carbonyl (C=O) groups is 1. The van der Waals surface area contributed by atoms with Crippen molar-refractivity contribution in [1.82, 2.24) is 25.2 Å². The summed E-state index contributed by atoms with van der Waals surface area (Å²) in [6.45, 7) is 3.47. The lowest BCUT2D eigenvalue weighted by Gasteiger charge is -2.21. The van der Waals surface area contributed by atoms with Gasteiger partial charge in [-0.2, -0.15) is 15.0 Å². The summed E-state index contributed by atoms with van der Waals surface area (Å²) in [5.41, 5.74) is 10.1. The molecule has 0 saturated heterocycles. The molecule has 2 saturated carbocycles. The van der Waals surface area contributed by atoms with E-state index in [-0.39, 0.29) is 11.9 Å². The highest BCUT2D eigenvalue weighted by Gasteiger charge is 2.30. The lowest BCUT2D eigenvalue weighted by molar-refractivity contribution is 0.0951. The van der Waals surface area contributed by atoms with Gasteiger partial charge < -0.3 is 16.4 Å². The van der Waals surface area contributed by atoms with Crippen molar-refractivity contribution in [2.24, 2.45) is 0 Å². The number of hydrogen-bond acceptors (Lipinski definition) is 7. The highest BCUT2D eigenvalue weighted by molar-refractivity contribution is 5.94. The van der Waals surface area contributed by atoms with Crippen LogP contribution in [-0.2, 0) is 19.5 Å². The zero-order chi connectivity index (χ0) is 23.5. The fourth-order valence-corrected chi connectivity index (χ4v) is 4.06. The van der Waals surface area contributed by atoms with E-state index in [0.29, 0.717) is 36.0 Å². The van der Waals surface area contributed by atoms with Crippen LogP contribution in [0.25, 0.3) is 0 Å². The van der Waals surface area contributed by atoms with E-state index in [2.05, 4.69) is 43.5 Å². The molecule has 1 heterocycles. The zero-order valence-electron chi connectivity index (χ0n) is 19.5. The number of aryl methyl sites for hydroxylation is 1. The molecular formula is C26H31N7O. The topological polar surface area (TPSA) is 109 Å². The van der Waals surface area contributed by atoms with Crippen LogP contribution in [-0.4, -0.2) is 37.8 Å². The van der Waals surface area contributed by atoms with Gasteiger partial charge in [-0.3, -0.25) is 9.69 Å². The number of amides is 1. The van der Waals surface area contributed by atoms with Crippen molar-refractivity contribution in [1.29, 1.82) is 0 Å². The van der Waals surface area contributed by atoms with Crippen LogP contribution in [0.15, 0.2) is 48.5 Å². The summed E-state index contributed by atoms with van der Waals surface area (Å²) < 4.78 is 0. The summed E-state index contributed by atoms with van der Waals surface area (Å²) in [4.78, 5) is 28.0. The number of nitrogens with two attached hydrogens (primary N) is 1. The maximum absolute atomic E-state index is 12.3. The molecule has 0 unspecified atom stereocenters. The van der Waals surface area contributed by atoms with Gasteiger partial charge in [-0.1, -0.05) is 37.3 Å². The molecule has 0 atom stereocenters. The van der Waals surface area contributed by atoms with Crippen molar-refractivity contribution < 1.29 is 4.79 Å². The van der Waals surface area contributed by atoms with Crippen LogP contribution in [0.4, 0.5) is 17.6 Å². The molecule has 0 aliphatic heterocycles. The molecule has 2 aliphatic carbocycles. The van der Waals surface area contributed by atoms with Crippen molar-refractivity contribution >= 4 is 23.5 Å². The standard InChI is InChI=1S/C26H31N7O/c1-2-18-5-3-4-6-22(18)29-26-31-23(30-25(27)32-26)16-33(21-13-14-21)15-17-7-9-19(10-8-17)24(34)28-20-11-12-20/h3-10,20-21H,2,11-16H2,1H3,(H,28,34)(H3,27,29,30,31,32). The first kappa shape index (κ1) is 22.3. The summed E-state index contributed by atoms with van der Waals surface area (Å²) in [6, 6.07) is 16.9. The molecule has 3 aromatic rings. The largest absolute Gasteiger partial charge is 0.368 e. The lowest BCUT2D eigenvalue weighted by atomic mass is 10.1. The Hall–Kier alpha value is -3.52. The van der Waals surface area contributed by atoms with Crippen molar-refractivity contribution in [3.05, 3.63) is 71.0 Å². The second-order valence-corrected chi connectivity index (χ2v) is 9.15. The van der Waals surface area contributed by atoms with Gasteiger partial charge in [0.05, 0.1) is 6.54 Å². The second-order valence-electron chi connectivity index (χ2n) is 9.15. The van der Waals surface area contributed by atoms with Gasteiger partial charge in [0.15, 0.2) is 0 Å². The lowest BCUT2D eigenvalue weighted by Crippen LogP contribution is -2.27. The summed E-state index contributed by atoms with van der Waals surface area (Å²) in [7, 11) is 0. The fourth-order valence-electron chi connectivity index (χ4n) is 4.06. The summed E-state index contributed by atoms with van der Waals surface area (Å²) in [5.74, 6) is 1.34. The van der Waals surface area contributed by atoms with Gasteiger partial charge in [-0.05, 0) is 61.4 Å². The predicted molar refractivity (Wildman–Crippen MR) is 133 cm³/mol. The van der Waals surface area contributed by atoms with Gasteiger partial charge in [0.25, 0.3) is 5.91 Å². The Morgan fingerprint density at radius 2 is 1.76 bits per heavy atom. The molecule has 0 spiro atoms. The third kappa shape index (κ3) is 5.69. The molecule has 8 nitrogen and oxygen atoms in total. The fraction of sp³-hybridized carbons (Fsp3) is 0.385. The maximum Gasteiger partial charge on any atom is 0.251 e. The van der Waals surface area contributed by atoms with Gasteiger partial charge in [0, 0.05) is 29.9 Å². The van der Waals surface area contributed by atoms with Gasteiger partial charge in [-0.25, -0.2) is 0 Å². The van der Waals surface area contributed by atoms with Crippen LogP contribution in [0.1, 0.15) is 59.9 Å². The molecule has 2 fully saturated rings. The Labute approximate surface area is 200 Å². The summed E-state index contributed by atoms with van der Waals surface area (Å²) >= 11 is 0. The smallest absolute Gasteiger partial charge is 0.251 e. The zero-order valence-corrected chi connectivity index (χ0v) is 19.5. The molecular weight excluding hydrogens is 426 g/mol. The van der Waals surface area contributed by atoms with Gasteiger partial charge in [0.2, 0.25) is 11.9 Å². The van der Waals surface area contributed by atoms with Crippen LogP contribution < -0.4 is 16.4 Å². The normalized spacial score (nSPS) is 15.4. The molecule has 176 valence electrons. The minimum atomic E-state index is 0.0124. The Morgan fingerprint density at radius 1 is 1.00 bits per heavy atom. The van der Waals surface area contributed by atoms with E-state index in [0.717, 1.165) is 49.9 Å². The number of nitrogens with zero attached hydrogens (tertiary/aromatic N) is 4. The van der Waals surface area contributed by atoms with Crippen molar-refractivity contribution in [3.8, 4) is 0 Å². The van der Waals surface area contributed by atoms with E-state index in [9.17, 15) is 4.79 Å². The molecule has 0 bridgehead atoms. The molecule has 2 aliphatic rings. The number of benzene rings is 2. The molecule has 1 amide bonds. The minimum Gasteiger partial charge on any atom is -0.368 e. The summed E-state index contributed by atoms with van der Waals surface area (Å²) in [5, 5.41) is 6.35. The SMILES string of the molecule is CCc1ccccc1Nc1nc(N)nc(CN(Cc2ccc(C(=O)NC3CC3)cc2)C2CC2)n1. The average Bonchev–Trinajstić information content (AvgIpc) is 3.74. The van der Waals surface area contributed by atoms with Crippen LogP contribution in [0.5, 0.6) is 0 Å². The van der Waals surface area contributed by atoms with Crippen molar-refractivity contribution in [2.75, 3.05) is 11.1 Å². The van der Waals surface area contributed by atoms with Crippen LogP contribution in [0.2, 0.25) is 0 Å². The maximum atomic E-state index is 12.3. The van der Waals surface area contributed by atoms with Gasteiger partial charge >= 0.3 is 0 Å². The number of nitrogen functional groups attached to an aromatic ring is 1. The van der Waals surface area contributed by atoms with Gasteiger partial charge in [-0.15, -0.1) is 0 Å². The number of hydrogen-bond donors (Lipinski definition) is 3. The monoisotopic (exact) mass is 457 g/mol. The molecule has 34 heavy (non-hydrogen) atoms. The number of para-hydroxylation sites is 1. The van der Waals surface area contributed by atoms with E-state index >= 15 is 0 Å². The predicted octanol–water partition coefficient (Wildman–Crippen LogP) is 3.82. The van der Waals surface area contributed by atoms with E-state index in [1.807, 2.05) is 42.5 Å². The Morgan fingerprint density at radius 3 is 2.47 bits per heavy atom. The van der Waals surface area contributed by atoms with Gasteiger partial charge in [0.1, 0.15) is 5.82 Å². The first-order valence-corrected chi connectivity index (χ1v) is 12.1. The van der Waals surface area contributed by atoms with E-state index in [1.54, 1.807) is 0 Å². The van der Waals surface area contributed by atoms with Crippen LogP contribution in [0, 0.1) is 0 Å². The number of carbonyl (C=O) groups excluding carboxylic acids is 1. The minimum absolute atomic E-state index is 0.0124. The number of nitrogens with one attached hydrogen (secondary N) is 2. The molecule has 5 rings (SSSR count). The Kier molecular flexibility index (Phi) is 6.40. The average molecular weight is 458 g/mol. The Balaban J connectivity index is 1.27. The van der Waals surface area contributed by atoms with E-state index in [1.165, 1.54) is 5.56 Å². The third-order valence-electron chi connectivity index (χ3n) is 6.27. The molecule has 1 aromatic heterocycles. The molecule has 4 N–H and O–H groups in total. The number of rotatable bonds is 10. The van der Waals surface area contributed by atoms with Crippen LogP contribution in [0.3, 0.4) is 0 Å². The molecule has 8 heteroatoms. The third-order valence-corrected chi connectivity index (χ3v) is 6.27. The van der Waals surface area contributed by atoms with E-state index < -0.39 is 0 Å². The van der Waals surface area contributed by atoms with E-state index in [4.69, 9.17) is 5.73 Å². The summed E-state index contributed by atoms with van der Waals surface area (Å²) in [6.07, 6.45) is 5.41. The highest BCUT2D eigenvalue weighted by atomic mass is 16.1.